The molecular formula is C26H14N4S4. The molecule has 34 heavy (non-hydrogen) atoms. The Kier molecular flexibility index (Phi) is 4.83. The summed E-state index contributed by atoms with van der Waals surface area (Å²) in [6.07, 6.45) is 0. The monoisotopic (exact) mass is 510 g/mol. The van der Waals surface area contributed by atoms with E-state index in [2.05, 4.69) is 70.1 Å². The van der Waals surface area contributed by atoms with Gasteiger partial charge in [-0.25, -0.2) is 19.9 Å². The Bertz CT molecular complexity index is 1600. The third-order valence-electron chi connectivity index (χ3n) is 5.49. The van der Waals surface area contributed by atoms with Gasteiger partial charge in [0.05, 0.1) is 30.5 Å². The van der Waals surface area contributed by atoms with E-state index in [1.54, 1.807) is 45.3 Å². The molecule has 0 saturated heterocycles. The van der Waals surface area contributed by atoms with Gasteiger partial charge in [0.1, 0.15) is 33.8 Å². The van der Waals surface area contributed by atoms with Crippen molar-refractivity contribution in [1.82, 2.24) is 19.9 Å². The molecule has 0 aliphatic rings. The molecule has 0 aliphatic carbocycles. The Hall–Kier alpha value is -3.30. The van der Waals surface area contributed by atoms with Crippen LogP contribution in [0.1, 0.15) is 0 Å². The first-order valence-electron chi connectivity index (χ1n) is 10.5. The first-order valence-corrected chi connectivity index (χ1v) is 14.0. The first-order chi connectivity index (χ1) is 16.8. The van der Waals surface area contributed by atoms with E-state index in [1.807, 2.05) is 12.1 Å². The Balaban J connectivity index is 1.56. The minimum Gasteiger partial charge on any atom is -0.243 e. The predicted octanol–water partition coefficient (Wildman–Crippen LogP) is 8.49. The summed E-state index contributed by atoms with van der Waals surface area (Å²) in [5, 5.41) is 8.30. The lowest BCUT2D eigenvalue weighted by atomic mass is 10.1. The molecule has 0 radical (unpaired) electrons. The number of thiophene rings is 4. The van der Waals surface area contributed by atoms with Crippen LogP contribution >= 0.6 is 45.3 Å². The van der Waals surface area contributed by atoms with E-state index < -0.39 is 0 Å². The van der Waals surface area contributed by atoms with Crippen LogP contribution in [0, 0.1) is 0 Å². The predicted molar refractivity (Wildman–Crippen MR) is 146 cm³/mol. The first kappa shape index (κ1) is 20.1. The largest absolute Gasteiger partial charge is 0.243 e. The highest BCUT2D eigenvalue weighted by atomic mass is 32.1. The van der Waals surface area contributed by atoms with Crippen molar-refractivity contribution in [3.8, 4) is 42.3 Å². The van der Waals surface area contributed by atoms with E-state index >= 15 is 0 Å². The Labute approximate surface area is 210 Å². The maximum atomic E-state index is 5.17. The quantitative estimate of drug-likeness (QED) is 0.223. The van der Waals surface area contributed by atoms with Crippen molar-refractivity contribution < 1.29 is 0 Å². The van der Waals surface area contributed by atoms with Gasteiger partial charge >= 0.3 is 0 Å². The molecule has 0 N–H and O–H groups in total. The highest BCUT2D eigenvalue weighted by Gasteiger charge is 2.20. The van der Waals surface area contributed by atoms with Crippen LogP contribution in [0.15, 0.2) is 82.2 Å². The highest BCUT2D eigenvalue weighted by Crippen LogP contribution is 2.39. The maximum Gasteiger partial charge on any atom is 0.117 e. The second kappa shape index (κ2) is 8.18. The molecule has 8 heteroatoms. The van der Waals surface area contributed by atoms with Crippen LogP contribution in [0.5, 0.6) is 0 Å². The van der Waals surface area contributed by atoms with Crippen LogP contribution in [0.4, 0.5) is 0 Å². The van der Waals surface area contributed by atoms with Gasteiger partial charge in [-0.15, -0.1) is 45.3 Å². The van der Waals surface area contributed by atoms with Gasteiger partial charge in [0.2, 0.25) is 0 Å². The van der Waals surface area contributed by atoms with Crippen molar-refractivity contribution in [2.24, 2.45) is 0 Å². The van der Waals surface area contributed by atoms with Crippen molar-refractivity contribution >= 4 is 67.4 Å². The van der Waals surface area contributed by atoms with Crippen LogP contribution < -0.4 is 0 Å². The van der Waals surface area contributed by atoms with Crippen LogP contribution in [-0.4, -0.2) is 19.9 Å². The van der Waals surface area contributed by atoms with Gasteiger partial charge in [-0.05, 0) is 57.9 Å². The molecule has 0 saturated carbocycles. The average Bonchev–Trinajstić information content (AvgIpc) is 3.70. The molecule has 0 amide bonds. The standard InChI is InChI=1S/C26H14N4S4/c1-5-17(31-11-1)23-25(19-7-3-13-33-19)29-21-15(27-23)9-10-16-22(21)30-26(20-8-4-14-34-20)24(28-16)18-6-2-12-32-18/h1-14H. The Morgan fingerprint density at radius 3 is 1.00 bits per heavy atom. The number of rotatable bonds is 4. The smallest absolute Gasteiger partial charge is 0.117 e. The van der Waals surface area contributed by atoms with Crippen molar-refractivity contribution in [2.75, 3.05) is 0 Å². The van der Waals surface area contributed by atoms with Crippen molar-refractivity contribution in [3.05, 3.63) is 82.2 Å². The molecule has 0 bridgehead atoms. The molecule has 7 rings (SSSR count). The minimum absolute atomic E-state index is 0.782. The third kappa shape index (κ3) is 3.30. The van der Waals surface area contributed by atoms with E-state index in [1.165, 1.54) is 0 Å². The van der Waals surface area contributed by atoms with Crippen molar-refractivity contribution in [1.29, 1.82) is 0 Å². The average molecular weight is 511 g/mol. The lowest BCUT2D eigenvalue weighted by molar-refractivity contribution is 1.28. The molecular weight excluding hydrogens is 497 g/mol. The fraction of sp³-hybridized carbons (Fsp3) is 0. The zero-order valence-electron chi connectivity index (χ0n) is 17.5. The maximum absolute atomic E-state index is 5.17. The lowest BCUT2D eigenvalue weighted by Crippen LogP contribution is -1.98. The Morgan fingerprint density at radius 1 is 0.382 bits per heavy atom. The molecule has 0 spiro atoms. The SMILES string of the molecule is c1csc(-c2nc3ccc4nc(-c5cccs5)c(-c5cccs5)nc4c3nc2-c2cccs2)c1. The van der Waals surface area contributed by atoms with E-state index in [4.69, 9.17) is 19.9 Å². The molecule has 6 aromatic heterocycles. The summed E-state index contributed by atoms with van der Waals surface area (Å²) in [5.41, 5.74) is 6.81. The molecule has 1 aromatic carbocycles. The number of benzene rings is 1. The second-order valence-electron chi connectivity index (χ2n) is 7.55. The van der Waals surface area contributed by atoms with Gasteiger partial charge in [-0.2, -0.15) is 0 Å². The van der Waals surface area contributed by atoms with E-state index in [-0.39, 0.29) is 0 Å². The summed E-state index contributed by atoms with van der Waals surface area (Å²) in [6, 6.07) is 20.6. The summed E-state index contributed by atoms with van der Waals surface area (Å²) < 4.78 is 0. The van der Waals surface area contributed by atoms with E-state index in [9.17, 15) is 0 Å². The molecule has 7 aromatic rings. The summed E-state index contributed by atoms with van der Waals surface area (Å²) >= 11 is 6.70. The fourth-order valence-corrected chi connectivity index (χ4v) is 6.84. The van der Waals surface area contributed by atoms with Gasteiger partial charge in [0.15, 0.2) is 0 Å². The van der Waals surface area contributed by atoms with Crippen LogP contribution in [0.3, 0.4) is 0 Å². The van der Waals surface area contributed by atoms with Gasteiger partial charge in [-0.1, -0.05) is 24.3 Å². The molecule has 0 unspecified atom stereocenters. The van der Waals surface area contributed by atoms with Gasteiger partial charge in [0.25, 0.3) is 0 Å². The fourth-order valence-electron chi connectivity index (χ4n) is 3.98. The van der Waals surface area contributed by atoms with Crippen LogP contribution in [0.2, 0.25) is 0 Å². The number of hydrogen-bond acceptors (Lipinski definition) is 8. The van der Waals surface area contributed by atoms with Crippen molar-refractivity contribution in [2.45, 2.75) is 0 Å². The topological polar surface area (TPSA) is 51.6 Å². The van der Waals surface area contributed by atoms with Gasteiger partial charge in [0, 0.05) is 0 Å². The van der Waals surface area contributed by atoms with Gasteiger partial charge in [-0.3, -0.25) is 0 Å². The molecule has 0 atom stereocenters. The van der Waals surface area contributed by atoms with Gasteiger partial charge < -0.3 is 0 Å². The molecule has 4 nitrogen and oxygen atoms in total. The van der Waals surface area contributed by atoms with Crippen LogP contribution in [0.25, 0.3) is 64.4 Å². The third-order valence-corrected chi connectivity index (χ3v) is 8.99. The molecule has 0 fully saturated rings. The summed E-state index contributed by atoms with van der Waals surface area (Å²) in [4.78, 5) is 24.9. The number of aromatic nitrogens is 4. The second-order valence-corrected chi connectivity index (χ2v) is 11.3. The molecule has 162 valence electrons. The molecule has 6 heterocycles. The number of fused-ring (bicyclic) bond motifs is 3. The Morgan fingerprint density at radius 2 is 0.706 bits per heavy atom. The van der Waals surface area contributed by atoms with E-state index in [0.29, 0.717) is 0 Å². The summed E-state index contributed by atoms with van der Waals surface area (Å²) in [5.74, 6) is 0. The number of nitrogens with zero attached hydrogens (tertiary/aromatic N) is 4. The van der Waals surface area contributed by atoms with Crippen LogP contribution in [-0.2, 0) is 0 Å². The minimum atomic E-state index is 0.782. The number of hydrogen-bond donors (Lipinski definition) is 0. The normalized spacial score (nSPS) is 11.5. The summed E-state index contributed by atoms with van der Waals surface area (Å²) in [6.45, 7) is 0. The lowest BCUT2D eigenvalue weighted by Gasteiger charge is -2.11. The molecule has 0 aliphatic heterocycles. The zero-order chi connectivity index (χ0) is 22.5. The summed E-state index contributed by atoms with van der Waals surface area (Å²) in [7, 11) is 0. The van der Waals surface area contributed by atoms with E-state index in [0.717, 1.165) is 64.4 Å². The highest BCUT2D eigenvalue weighted by molar-refractivity contribution is 7.15. The van der Waals surface area contributed by atoms with Crippen molar-refractivity contribution in [3.63, 3.8) is 0 Å². The zero-order valence-corrected chi connectivity index (χ0v) is 20.8.